The maximum atomic E-state index is 13.8. The Morgan fingerprint density at radius 3 is 2.89 bits per heavy atom. The second kappa shape index (κ2) is 5.09. The molecule has 5 heteroatoms. The fourth-order valence-electron chi connectivity index (χ4n) is 2.15. The molecule has 1 unspecified atom stereocenters. The monoisotopic (exact) mass is 277 g/mol. The molecule has 1 aromatic carbocycles. The Labute approximate surface area is 114 Å². The summed E-state index contributed by atoms with van der Waals surface area (Å²) in [6.07, 6.45) is 1.47. The molecule has 3 nitrogen and oxygen atoms in total. The van der Waals surface area contributed by atoms with Gasteiger partial charge in [-0.3, -0.25) is 4.79 Å². The minimum atomic E-state index is -0.279. The van der Waals surface area contributed by atoms with Gasteiger partial charge in [-0.2, -0.15) is 0 Å². The van der Waals surface area contributed by atoms with Crippen LogP contribution >= 0.6 is 11.8 Å². The van der Waals surface area contributed by atoms with Gasteiger partial charge in [0.25, 0.3) is 5.91 Å². The van der Waals surface area contributed by atoms with E-state index in [0.717, 1.165) is 5.75 Å². The number of furan rings is 1. The highest BCUT2D eigenvalue weighted by atomic mass is 32.2. The first-order chi connectivity index (χ1) is 9.27. The lowest BCUT2D eigenvalue weighted by atomic mass is 10.2. The first-order valence-electron chi connectivity index (χ1n) is 5.98. The molecular formula is C14H12FNO2S. The largest absolute Gasteiger partial charge is 0.459 e. The zero-order valence-electron chi connectivity index (χ0n) is 10.1. The lowest BCUT2D eigenvalue weighted by Crippen LogP contribution is -2.30. The van der Waals surface area contributed by atoms with Crippen LogP contribution in [0.15, 0.2) is 47.1 Å². The van der Waals surface area contributed by atoms with Crippen molar-refractivity contribution in [2.24, 2.45) is 0 Å². The van der Waals surface area contributed by atoms with Crippen molar-refractivity contribution < 1.29 is 13.6 Å². The van der Waals surface area contributed by atoms with Crippen LogP contribution in [0, 0.1) is 5.82 Å². The van der Waals surface area contributed by atoms with E-state index < -0.39 is 0 Å². The smallest absolute Gasteiger partial charge is 0.290 e. The van der Waals surface area contributed by atoms with Gasteiger partial charge >= 0.3 is 0 Å². The van der Waals surface area contributed by atoms with Crippen molar-refractivity contribution in [3.8, 4) is 0 Å². The van der Waals surface area contributed by atoms with Crippen LogP contribution in [0.3, 0.4) is 0 Å². The first-order valence-corrected chi connectivity index (χ1v) is 7.03. The van der Waals surface area contributed by atoms with Crippen molar-refractivity contribution in [3.63, 3.8) is 0 Å². The number of carbonyl (C=O) groups is 1. The van der Waals surface area contributed by atoms with E-state index in [-0.39, 0.29) is 17.1 Å². The molecule has 1 aromatic heterocycles. The van der Waals surface area contributed by atoms with Gasteiger partial charge in [-0.15, -0.1) is 11.8 Å². The van der Waals surface area contributed by atoms with Crippen LogP contribution < -0.4 is 0 Å². The molecule has 19 heavy (non-hydrogen) atoms. The molecule has 0 radical (unpaired) electrons. The Morgan fingerprint density at radius 2 is 2.16 bits per heavy atom. The highest BCUT2D eigenvalue weighted by molar-refractivity contribution is 7.99. The second-order valence-corrected chi connectivity index (χ2v) is 5.41. The van der Waals surface area contributed by atoms with Gasteiger partial charge in [0.2, 0.25) is 0 Å². The van der Waals surface area contributed by atoms with Crippen molar-refractivity contribution in [3.05, 3.63) is 59.8 Å². The zero-order chi connectivity index (χ0) is 13.2. The van der Waals surface area contributed by atoms with Crippen LogP contribution in [-0.2, 0) is 0 Å². The number of carbonyl (C=O) groups excluding carboxylic acids is 1. The third kappa shape index (κ3) is 2.26. The number of amides is 1. The highest BCUT2D eigenvalue weighted by Crippen LogP contribution is 2.39. The molecule has 1 aliphatic heterocycles. The topological polar surface area (TPSA) is 33.5 Å². The summed E-state index contributed by atoms with van der Waals surface area (Å²) >= 11 is 1.57. The van der Waals surface area contributed by atoms with E-state index in [2.05, 4.69) is 0 Å². The Bertz CT molecular complexity index is 585. The first kappa shape index (κ1) is 12.3. The molecule has 1 aliphatic rings. The fourth-order valence-corrected chi connectivity index (χ4v) is 3.43. The Kier molecular flexibility index (Phi) is 3.29. The Balaban J connectivity index is 1.90. The van der Waals surface area contributed by atoms with Gasteiger partial charge in [0.05, 0.1) is 6.26 Å². The number of nitrogens with zero attached hydrogens (tertiary/aromatic N) is 1. The third-order valence-corrected chi connectivity index (χ3v) is 4.30. The zero-order valence-corrected chi connectivity index (χ0v) is 10.9. The van der Waals surface area contributed by atoms with Gasteiger partial charge in [0.15, 0.2) is 5.76 Å². The van der Waals surface area contributed by atoms with Gasteiger partial charge in [0.1, 0.15) is 11.2 Å². The van der Waals surface area contributed by atoms with Crippen LogP contribution in [0.4, 0.5) is 4.39 Å². The van der Waals surface area contributed by atoms with Gasteiger partial charge < -0.3 is 9.32 Å². The van der Waals surface area contributed by atoms with E-state index in [1.54, 1.807) is 47.0 Å². The minimum Gasteiger partial charge on any atom is -0.459 e. The van der Waals surface area contributed by atoms with Gasteiger partial charge in [-0.05, 0) is 18.2 Å². The minimum absolute atomic E-state index is 0.191. The fraction of sp³-hybridized carbons (Fsp3) is 0.214. The third-order valence-electron chi connectivity index (χ3n) is 3.06. The van der Waals surface area contributed by atoms with Gasteiger partial charge in [-0.25, -0.2) is 4.39 Å². The summed E-state index contributed by atoms with van der Waals surface area (Å²) in [5.41, 5.74) is 0.546. The standard InChI is InChI=1S/C14H12FNO2S/c15-11-5-2-1-4-10(11)14-16(7-9-19-14)13(17)12-6-3-8-18-12/h1-6,8,14H,7,9H2. The molecule has 1 amide bonds. The van der Waals surface area contributed by atoms with Crippen molar-refractivity contribution in [1.29, 1.82) is 0 Å². The molecule has 0 N–H and O–H groups in total. The lowest BCUT2D eigenvalue weighted by Gasteiger charge is -2.23. The molecule has 1 fully saturated rings. The summed E-state index contributed by atoms with van der Waals surface area (Å²) in [6.45, 7) is 0.600. The van der Waals surface area contributed by atoms with E-state index in [9.17, 15) is 9.18 Å². The van der Waals surface area contributed by atoms with Crippen molar-refractivity contribution in [2.75, 3.05) is 12.3 Å². The predicted octanol–water partition coefficient (Wildman–Crippen LogP) is 3.31. The Morgan fingerprint density at radius 1 is 1.32 bits per heavy atom. The van der Waals surface area contributed by atoms with Gasteiger partial charge in [0, 0.05) is 17.9 Å². The summed E-state index contributed by atoms with van der Waals surface area (Å²) in [5, 5.41) is -0.279. The average Bonchev–Trinajstić information content (AvgIpc) is 3.10. The van der Waals surface area contributed by atoms with Gasteiger partial charge in [-0.1, -0.05) is 18.2 Å². The maximum absolute atomic E-state index is 13.8. The Hall–Kier alpha value is -1.75. The van der Waals surface area contributed by atoms with Crippen molar-refractivity contribution >= 4 is 17.7 Å². The van der Waals surface area contributed by atoms with Crippen LogP contribution in [0.2, 0.25) is 0 Å². The summed E-state index contributed by atoms with van der Waals surface area (Å²) in [7, 11) is 0. The molecule has 2 aromatic rings. The predicted molar refractivity (Wildman–Crippen MR) is 71.3 cm³/mol. The number of halogens is 1. The van der Waals surface area contributed by atoms with Crippen LogP contribution in [-0.4, -0.2) is 23.1 Å². The van der Waals surface area contributed by atoms with E-state index in [1.807, 2.05) is 0 Å². The molecule has 1 atom stereocenters. The summed E-state index contributed by atoms with van der Waals surface area (Å²) in [6, 6.07) is 9.88. The average molecular weight is 277 g/mol. The van der Waals surface area contributed by atoms with Crippen LogP contribution in [0.5, 0.6) is 0 Å². The summed E-state index contributed by atoms with van der Waals surface area (Å²) in [4.78, 5) is 14.0. The quantitative estimate of drug-likeness (QED) is 0.844. The van der Waals surface area contributed by atoms with E-state index in [1.165, 1.54) is 12.3 Å². The SMILES string of the molecule is O=C(c1ccco1)N1CCSC1c1ccccc1F. The maximum Gasteiger partial charge on any atom is 0.290 e. The lowest BCUT2D eigenvalue weighted by molar-refractivity contribution is 0.0727. The number of benzene rings is 1. The molecule has 2 heterocycles. The van der Waals surface area contributed by atoms with Crippen molar-refractivity contribution in [1.82, 2.24) is 4.90 Å². The molecule has 3 rings (SSSR count). The molecular weight excluding hydrogens is 265 g/mol. The normalized spacial score (nSPS) is 18.8. The van der Waals surface area contributed by atoms with Crippen molar-refractivity contribution in [2.45, 2.75) is 5.37 Å². The van der Waals surface area contributed by atoms with E-state index in [0.29, 0.717) is 17.9 Å². The molecule has 0 spiro atoms. The molecule has 0 bridgehead atoms. The summed E-state index contributed by atoms with van der Waals surface area (Å²) < 4.78 is 19.0. The number of rotatable bonds is 2. The molecule has 1 saturated heterocycles. The molecule has 98 valence electrons. The van der Waals surface area contributed by atoms with Crippen LogP contribution in [0.25, 0.3) is 0 Å². The summed E-state index contributed by atoms with van der Waals surface area (Å²) in [5.74, 6) is 0.622. The number of hydrogen-bond acceptors (Lipinski definition) is 3. The molecule has 0 aliphatic carbocycles. The second-order valence-electron chi connectivity index (χ2n) is 4.22. The molecule has 0 saturated carbocycles. The number of hydrogen-bond donors (Lipinski definition) is 0. The number of thioether (sulfide) groups is 1. The highest BCUT2D eigenvalue weighted by Gasteiger charge is 2.33. The van der Waals surface area contributed by atoms with E-state index in [4.69, 9.17) is 4.42 Å². The van der Waals surface area contributed by atoms with E-state index >= 15 is 0 Å². The van der Waals surface area contributed by atoms with Crippen LogP contribution in [0.1, 0.15) is 21.5 Å².